The Kier molecular flexibility index (Phi) is 5.70. The molecule has 0 radical (unpaired) electrons. The van der Waals surface area contributed by atoms with Gasteiger partial charge < -0.3 is 10.2 Å². The molecule has 0 saturated carbocycles. The van der Waals surface area contributed by atoms with E-state index in [4.69, 9.17) is 0 Å². The first kappa shape index (κ1) is 15.1. The van der Waals surface area contributed by atoms with E-state index in [2.05, 4.69) is 40.5 Å². The molecule has 1 aromatic carbocycles. The van der Waals surface area contributed by atoms with Crippen LogP contribution in [-0.4, -0.2) is 37.1 Å². The van der Waals surface area contributed by atoms with Crippen LogP contribution in [0.2, 0.25) is 0 Å². The number of benzene rings is 1. The molecule has 0 spiro atoms. The van der Waals surface area contributed by atoms with E-state index in [1.807, 2.05) is 0 Å². The lowest BCUT2D eigenvalue weighted by Crippen LogP contribution is -2.35. The van der Waals surface area contributed by atoms with Crippen LogP contribution < -0.4 is 5.32 Å². The third kappa shape index (κ3) is 4.82. The van der Waals surface area contributed by atoms with Crippen molar-refractivity contribution in [3.8, 4) is 0 Å². The molecule has 2 aliphatic rings. The first-order valence-electron chi connectivity index (χ1n) is 8.90. The zero-order valence-electron chi connectivity index (χ0n) is 13.3. The highest BCUT2D eigenvalue weighted by Gasteiger charge is 2.20. The molecule has 2 saturated heterocycles. The van der Waals surface area contributed by atoms with Gasteiger partial charge in [0.25, 0.3) is 0 Å². The second kappa shape index (κ2) is 7.95. The van der Waals surface area contributed by atoms with Gasteiger partial charge in [-0.2, -0.15) is 0 Å². The summed E-state index contributed by atoms with van der Waals surface area (Å²) in [5.74, 6) is 0.903. The average molecular weight is 286 g/mol. The molecule has 21 heavy (non-hydrogen) atoms. The molecule has 1 atom stereocenters. The lowest BCUT2D eigenvalue weighted by molar-refractivity contribution is 0.180. The van der Waals surface area contributed by atoms with Gasteiger partial charge in [0.15, 0.2) is 0 Å². The SMILES string of the molecule is c1ccc(CC2CCN(CCCC3CCCN3)CC2)cc1. The van der Waals surface area contributed by atoms with Crippen molar-refractivity contribution in [2.45, 2.75) is 51.0 Å². The van der Waals surface area contributed by atoms with Gasteiger partial charge >= 0.3 is 0 Å². The normalized spacial score (nSPS) is 24.5. The predicted octanol–water partition coefficient (Wildman–Crippen LogP) is 3.47. The highest BCUT2D eigenvalue weighted by atomic mass is 15.1. The highest BCUT2D eigenvalue weighted by molar-refractivity contribution is 5.15. The molecule has 0 aliphatic carbocycles. The number of hydrogen-bond acceptors (Lipinski definition) is 2. The molecule has 1 unspecified atom stereocenters. The van der Waals surface area contributed by atoms with Crippen molar-refractivity contribution in [3.63, 3.8) is 0 Å². The Balaban J connectivity index is 1.31. The minimum Gasteiger partial charge on any atom is -0.314 e. The van der Waals surface area contributed by atoms with Crippen LogP contribution >= 0.6 is 0 Å². The topological polar surface area (TPSA) is 15.3 Å². The molecular weight excluding hydrogens is 256 g/mol. The Morgan fingerprint density at radius 3 is 2.57 bits per heavy atom. The summed E-state index contributed by atoms with van der Waals surface area (Å²) in [4.78, 5) is 2.69. The van der Waals surface area contributed by atoms with Crippen LogP contribution in [0.25, 0.3) is 0 Å². The second-order valence-electron chi connectivity index (χ2n) is 6.91. The average Bonchev–Trinajstić information content (AvgIpc) is 3.03. The van der Waals surface area contributed by atoms with Crippen LogP contribution in [0.4, 0.5) is 0 Å². The van der Waals surface area contributed by atoms with E-state index < -0.39 is 0 Å². The van der Waals surface area contributed by atoms with E-state index >= 15 is 0 Å². The van der Waals surface area contributed by atoms with Gasteiger partial charge in [0.05, 0.1) is 0 Å². The summed E-state index contributed by atoms with van der Waals surface area (Å²) in [7, 11) is 0. The summed E-state index contributed by atoms with van der Waals surface area (Å²) in [6.45, 7) is 5.19. The van der Waals surface area contributed by atoms with Crippen LogP contribution in [0, 0.1) is 5.92 Å². The van der Waals surface area contributed by atoms with Gasteiger partial charge in [-0.1, -0.05) is 30.3 Å². The number of nitrogens with one attached hydrogen (secondary N) is 1. The molecule has 1 N–H and O–H groups in total. The van der Waals surface area contributed by atoms with Crippen LogP contribution in [-0.2, 0) is 6.42 Å². The highest BCUT2D eigenvalue weighted by Crippen LogP contribution is 2.22. The van der Waals surface area contributed by atoms with Crippen molar-refractivity contribution < 1.29 is 0 Å². The number of rotatable bonds is 6. The summed E-state index contributed by atoms with van der Waals surface area (Å²) in [6.07, 6.45) is 9.59. The molecule has 116 valence electrons. The first-order chi connectivity index (χ1) is 10.4. The molecule has 0 aromatic heterocycles. The maximum absolute atomic E-state index is 3.61. The third-order valence-electron chi connectivity index (χ3n) is 5.26. The zero-order valence-corrected chi connectivity index (χ0v) is 13.3. The minimum absolute atomic E-state index is 0.820. The minimum atomic E-state index is 0.820. The molecule has 2 heteroatoms. The Hall–Kier alpha value is -0.860. The monoisotopic (exact) mass is 286 g/mol. The van der Waals surface area contributed by atoms with E-state index in [1.54, 1.807) is 0 Å². The van der Waals surface area contributed by atoms with Gasteiger partial charge in [-0.3, -0.25) is 0 Å². The van der Waals surface area contributed by atoms with Crippen molar-refractivity contribution in [2.75, 3.05) is 26.2 Å². The molecule has 2 aliphatic heterocycles. The number of hydrogen-bond donors (Lipinski definition) is 1. The van der Waals surface area contributed by atoms with E-state index in [0.717, 1.165) is 12.0 Å². The zero-order chi connectivity index (χ0) is 14.3. The van der Waals surface area contributed by atoms with Gasteiger partial charge in [-0.25, -0.2) is 0 Å². The molecule has 3 rings (SSSR count). The Bertz CT molecular complexity index is 389. The van der Waals surface area contributed by atoms with Gasteiger partial charge in [0.1, 0.15) is 0 Å². The maximum atomic E-state index is 3.61. The molecule has 0 amide bonds. The summed E-state index contributed by atoms with van der Waals surface area (Å²) in [5.41, 5.74) is 1.52. The Morgan fingerprint density at radius 1 is 1.05 bits per heavy atom. The second-order valence-corrected chi connectivity index (χ2v) is 6.91. The van der Waals surface area contributed by atoms with Crippen molar-refractivity contribution in [3.05, 3.63) is 35.9 Å². The van der Waals surface area contributed by atoms with Crippen LogP contribution in [0.3, 0.4) is 0 Å². The summed E-state index contributed by atoms with van der Waals surface area (Å²) in [5, 5.41) is 3.61. The van der Waals surface area contributed by atoms with Crippen LogP contribution in [0.1, 0.15) is 44.1 Å². The fourth-order valence-electron chi connectivity index (χ4n) is 3.93. The van der Waals surface area contributed by atoms with E-state index in [1.165, 1.54) is 76.7 Å². The maximum Gasteiger partial charge on any atom is 0.00680 e. The number of nitrogens with zero attached hydrogens (tertiary/aromatic N) is 1. The van der Waals surface area contributed by atoms with Gasteiger partial charge in [0.2, 0.25) is 0 Å². The third-order valence-corrected chi connectivity index (χ3v) is 5.26. The predicted molar refractivity (Wildman–Crippen MR) is 89.6 cm³/mol. The molecule has 2 heterocycles. The molecular formula is C19H30N2. The van der Waals surface area contributed by atoms with Crippen molar-refractivity contribution in [1.29, 1.82) is 0 Å². The van der Waals surface area contributed by atoms with E-state index in [0.29, 0.717) is 0 Å². The van der Waals surface area contributed by atoms with E-state index in [-0.39, 0.29) is 0 Å². The van der Waals surface area contributed by atoms with Gasteiger partial charge in [-0.15, -0.1) is 0 Å². The van der Waals surface area contributed by atoms with Crippen LogP contribution in [0.5, 0.6) is 0 Å². The Morgan fingerprint density at radius 2 is 1.86 bits per heavy atom. The smallest absolute Gasteiger partial charge is 0.00680 e. The molecule has 0 bridgehead atoms. The van der Waals surface area contributed by atoms with Gasteiger partial charge in [-0.05, 0) is 82.6 Å². The molecule has 2 nitrogen and oxygen atoms in total. The van der Waals surface area contributed by atoms with E-state index in [9.17, 15) is 0 Å². The standard InChI is InChI=1S/C19H30N2/c1-2-6-17(7-3-1)16-18-10-14-21(15-11-18)13-5-9-19-8-4-12-20-19/h1-3,6-7,18-20H,4-5,8-16H2. The van der Waals surface area contributed by atoms with Crippen LogP contribution in [0.15, 0.2) is 30.3 Å². The molecule has 1 aromatic rings. The van der Waals surface area contributed by atoms with Crippen molar-refractivity contribution in [2.24, 2.45) is 5.92 Å². The largest absolute Gasteiger partial charge is 0.314 e. The first-order valence-corrected chi connectivity index (χ1v) is 8.90. The lowest BCUT2D eigenvalue weighted by Gasteiger charge is -2.32. The van der Waals surface area contributed by atoms with Crippen molar-refractivity contribution in [1.82, 2.24) is 10.2 Å². The number of likely N-dealkylation sites (tertiary alicyclic amines) is 1. The Labute approximate surface area is 129 Å². The van der Waals surface area contributed by atoms with Crippen molar-refractivity contribution >= 4 is 0 Å². The summed E-state index contributed by atoms with van der Waals surface area (Å²) >= 11 is 0. The summed E-state index contributed by atoms with van der Waals surface area (Å²) < 4.78 is 0. The fraction of sp³-hybridized carbons (Fsp3) is 0.684. The number of piperidine rings is 1. The van der Waals surface area contributed by atoms with Gasteiger partial charge in [0, 0.05) is 6.04 Å². The lowest BCUT2D eigenvalue weighted by atomic mass is 9.90. The molecule has 2 fully saturated rings. The fourth-order valence-corrected chi connectivity index (χ4v) is 3.93. The quantitative estimate of drug-likeness (QED) is 0.861. The summed E-state index contributed by atoms with van der Waals surface area (Å²) in [6, 6.07) is 11.8.